The number of hydrogen-bond acceptors (Lipinski definition) is 6. The zero-order valence-corrected chi connectivity index (χ0v) is 18.5. The van der Waals surface area contributed by atoms with Gasteiger partial charge in [0.25, 0.3) is 11.8 Å². The first kappa shape index (κ1) is 21.1. The lowest BCUT2D eigenvalue weighted by Crippen LogP contribution is -2.21. The fourth-order valence-electron chi connectivity index (χ4n) is 3.53. The van der Waals surface area contributed by atoms with Crippen molar-refractivity contribution in [2.24, 2.45) is 5.10 Å². The van der Waals surface area contributed by atoms with E-state index in [1.54, 1.807) is 24.3 Å². The number of carbonyl (C=O) groups is 2. The highest BCUT2D eigenvalue weighted by Gasteiger charge is 2.28. The van der Waals surface area contributed by atoms with Crippen LogP contribution in [0.15, 0.2) is 45.2 Å². The van der Waals surface area contributed by atoms with Crippen LogP contribution < -0.4 is 15.5 Å². The number of thiophene rings is 1. The van der Waals surface area contributed by atoms with Gasteiger partial charge in [0.15, 0.2) is 5.76 Å². The van der Waals surface area contributed by atoms with Crippen LogP contribution in [-0.4, -0.2) is 24.6 Å². The third-order valence-electron chi connectivity index (χ3n) is 4.98. The van der Waals surface area contributed by atoms with Crippen molar-refractivity contribution in [3.05, 3.63) is 68.3 Å². The maximum absolute atomic E-state index is 12.9. The zero-order chi connectivity index (χ0) is 22.0. The van der Waals surface area contributed by atoms with E-state index in [1.807, 2.05) is 18.4 Å². The number of nitrogens with one attached hydrogen (secondary N) is 2. The van der Waals surface area contributed by atoms with Crippen molar-refractivity contribution in [1.82, 2.24) is 5.43 Å². The van der Waals surface area contributed by atoms with E-state index >= 15 is 0 Å². The van der Waals surface area contributed by atoms with Gasteiger partial charge in [-0.05, 0) is 49.4 Å². The van der Waals surface area contributed by atoms with E-state index in [1.165, 1.54) is 18.4 Å². The number of furan rings is 1. The Labute approximate surface area is 188 Å². The lowest BCUT2D eigenvalue weighted by Gasteiger charge is -2.13. The van der Waals surface area contributed by atoms with E-state index in [0.29, 0.717) is 51.2 Å². The first-order chi connectivity index (χ1) is 15.0. The Morgan fingerprint density at radius 1 is 1.23 bits per heavy atom. The summed E-state index contributed by atoms with van der Waals surface area (Å²) in [6.07, 6.45) is 2.19. The second kappa shape index (κ2) is 8.95. The molecule has 3 aromatic rings. The van der Waals surface area contributed by atoms with E-state index in [4.69, 9.17) is 20.8 Å². The van der Waals surface area contributed by atoms with Crippen LogP contribution in [0, 0.1) is 6.92 Å². The molecular weight excluding hydrogens is 438 g/mol. The van der Waals surface area contributed by atoms with Gasteiger partial charge in [-0.25, -0.2) is 5.43 Å². The molecule has 0 unspecified atom stereocenters. The number of aryl methyl sites for hydroxylation is 1. The molecule has 0 bridgehead atoms. The Hall–Kier alpha value is -3.10. The third kappa shape index (κ3) is 4.35. The van der Waals surface area contributed by atoms with E-state index < -0.39 is 5.91 Å². The van der Waals surface area contributed by atoms with Crippen LogP contribution in [0.1, 0.15) is 50.0 Å². The summed E-state index contributed by atoms with van der Waals surface area (Å²) in [5.41, 5.74) is 5.22. The number of rotatable bonds is 5. The summed E-state index contributed by atoms with van der Waals surface area (Å²) in [6, 6.07) is 8.52. The molecular formula is C22H20ClN3O4S. The summed E-state index contributed by atoms with van der Waals surface area (Å²) in [7, 11) is 1.52. The summed E-state index contributed by atoms with van der Waals surface area (Å²) in [5.74, 6) is 0.712. The summed E-state index contributed by atoms with van der Waals surface area (Å²) in [5, 5.41) is 9.44. The van der Waals surface area contributed by atoms with Crippen LogP contribution in [0.5, 0.6) is 5.75 Å². The molecule has 0 saturated heterocycles. The summed E-state index contributed by atoms with van der Waals surface area (Å²) in [4.78, 5) is 25.8. The van der Waals surface area contributed by atoms with Gasteiger partial charge in [-0.3, -0.25) is 9.59 Å². The molecule has 0 spiro atoms. The van der Waals surface area contributed by atoms with E-state index in [2.05, 4.69) is 15.8 Å². The molecule has 1 aromatic carbocycles. The van der Waals surface area contributed by atoms with Gasteiger partial charge in [0.1, 0.15) is 11.5 Å². The first-order valence-corrected chi connectivity index (χ1v) is 10.9. The Kier molecular flexibility index (Phi) is 6.11. The molecule has 0 atom stereocenters. The lowest BCUT2D eigenvalue weighted by molar-refractivity contribution is 0.0957. The summed E-state index contributed by atoms with van der Waals surface area (Å²) in [6.45, 7) is 1.81. The minimum Gasteiger partial charge on any atom is -0.495 e. The van der Waals surface area contributed by atoms with Crippen molar-refractivity contribution in [3.8, 4) is 5.75 Å². The molecule has 7 nitrogen and oxygen atoms in total. The molecule has 0 fully saturated rings. The molecule has 0 aliphatic heterocycles. The van der Waals surface area contributed by atoms with Crippen molar-refractivity contribution in [2.45, 2.75) is 26.2 Å². The highest BCUT2D eigenvalue weighted by atomic mass is 35.5. The minimum atomic E-state index is -0.408. The fraction of sp³-hybridized carbons (Fsp3) is 0.227. The van der Waals surface area contributed by atoms with Gasteiger partial charge in [0.2, 0.25) is 0 Å². The second-order valence-corrected chi connectivity index (χ2v) is 8.37. The first-order valence-electron chi connectivity index (χ1n) is 9.66. The smallest absolute Gasteiger partial charge is 0.291 e. The van der Waals surface area contributed by atoms with Crippen molar-refractivity contribution >= 4 is 46.2 Å². The Balaban J connectivity index is 1.59. The van der Waals surface area contributed by atoms with Gasteiger partial charge in [0.05, 0.1) is 23.4 Å². The van der Waals surface area contributed by atoms with E-state index in [9.17, 15) is 9.59 Å². The molecule has 0 saturated carbocycles. The molecule has 2 N–H and O–H groups in total. The maximum Gasteiger partial charge on any atom is 0.291 e. The Morgan fingerprint density at radius 2 is 2.06 bits per heavy atom. The molecule has 1 aliphatic rings. The van der Waals surface area contributed by atoms with Crippen LogP contribution in [0.4, 0.5) is 5.69 Å². The normalized spacial score (nSPS) is 14.2. The molecule has 0 radical (unpaired) electrons. The van der Waals surface area contributed by atoms with Gasteiger partial charge in [-0.2, -0.15) is 5.10 Å². The van der Waals surface area contributed by atoms with Crippen LogP contribution in [0.25, 0.3) is 0 Å². The number of methoxy groups -OCH3 is 1. The number of benzene rings is 1. The monoisotopic (exact) mass is 457 g/mol. The maximum atomic E-state index is 12.9. The van der Waals surface area contributed by atoms with Crippen molar-refractivity contribution < 1.29 is 18.7 Å². The highest BCUT2D eigenvalue weighted by Crippen LogP contribution is 2.32. The highest BCUT2D eigenvalue weighted by molar-refractivity contribution is 7.12. The minimum absolute atomic E-state index is 0.200. The molecule has 2 heterocycles. The number of anilines is 1. The predicted octanol–water partition coefficient (Wildman–Crippen LogP) is 5.03. The fourth-order valence-corrected chi connectivity index (χ4v) is 4.32. The molecule has 31 heavy (non-hydrogen) atoms. The Morgan fingerprint density at radius 3 is 2.81 bits per heavy atom. The van der Waals surface area contributed by atoms with Crippen LogP contribution in [0.3, 0.4) is 0 Å². The largest absolute Gasteiger partial charge is 0.495 e. The number of halogens is 1. The SMILES string of the molecule is COc1ccc(Cl)cc1NC(=O)c1oc2c(c1C)/C(=N/NC(=O)c1cccs1)CCC2. The second-order valence-electron chi connectivity index (χ2n) is 6.98. The van der Waals surface area contributed by atoms with Gasteiger partial charge < -0.3 is 14.5 Å². The van der Waals surface area contributed by atoms with Crippen molar-refractivity contribution in [2.75, 3.05) is 12.4 Å². The summed E-state index contributed by atoms with van der Waals surface area (Å²) < 4.78 is 11.2. The lowest BCUT2D eigenvalue weighted by atomic mass is 9.93. The predicted molar refractivity (Wildman–Crippen MR) is 121 cm³/mol. The van der Waals surface area contributed by atoms with E-state index in [0.717, 1.165) is 12.0 Å². The van der Waals surface area contributed by atoms with Gasteiger partial charge in [0, 0.05) is 22.6 Å². The van der Waals surface area contributed by atoms with Crippen LogP contribution in [-0.2, 0) is 6.42 Å². The van der Waals surface area contributed by atoms with Gasteiger partial charge >= 0.3 is 0 Å². The number of amides is 2. The number of carbonyl (C=O) groups excluding carboxylic acids is 2. The van der Waals surface area contributed by atoms with Crippen molar-refractivity contribution in [3.63, 3.8) is 0 Å². The molecule has 9 heteroatoms. The number of hydrogen-bond donors (Lipinski definition) is 2. The molecule has 2 aromatic heterocycles. The summed E-state index contributed by atoms with van der Waals surface area (Å²) >= 11 is 7.40. The average molecular weight is 458 g/mol. The number of ether oxygens (including phenoxy) is 1. The number of nitrogens with zero attached hydrogens (tertiary/aromatic N) is 1. The van der Waals surface area contributed by atoms with Gasteiger partial charge in [-0.1, -0.05) is 17.7 Å². The Bertz CT molecular complexity index is 1170. The number of fused-ring (bicyclic) bond motifs is 1. The van der Waals surface area contributed by atoms with Crippen molar-refractivity contribution in [1.29, 1.82) is 0 Å². The van der Waals surface area contributed by atoms with Gasteiger partial charge in [-0.15, -0.1) is 11.3 Å². The molecule has 1 aliphatic carbocycles. The average Bonchev–Trinajstić information content (AvgIpc) is 3.41. The van der Waals surface area contributed by atoms with E-state index in [-0.39, 0.29) is 11.7 Å². The molecule has 2 amide bonds. The number of hydrazone groups is 1. The topological polar surface area (TPSA) is 92.9 Å². The third-order valence-corrected chi connectivity index (χ3v) is 6.08. The zero-order valence-electron chi connectivity index (χ0n) is 17.0. The molecule has 4 rings (SSSR count). The quantitative estimate of drug-likeness (QED) is 0.525. The van der Waals surface area contributed by atoms with Crippen LogP contribution >= 0.6 is 22.9 Å². The molecule has 160 valence electrons. The van der Waals surface area contributed by atoms with Crippen LogP contribution in [0.2, 0.25) is 5.02 Å². The standard InChI is InChI=1S/C22H20ClN3O4S/c1-12-19-14(25-26-21(27)18-7-4-10-31-18)5-3-6-17(19)30-20(12)22(28)24-15-11-13(23)8-9-16(15)29-2/h4,7-11H,3,5-6H2,1-2H3,(H,24,28)(H,26,27)/b25-14+.